The van der Waals surface area contributed by atoms with Gasteiger partial charge >= 0.3 is 0 Å². The molecular formula is C15H13NS. The molecule has 0 radical (unpaired) electrons. The van der Waals surface area contributed by atoms with Gasteiger partial charge in [0.05, 0.1) is 4.70 Å². The fourth-order valence-corrected chi connectivity index (χ4v) is 2.64. The van der Waals surface area contributed by atoms with Gasteiger partial charge in [0.1, 0.15) is 0 Å². The van der Waals surface area contributed by atoms with Gasteiger partial charge < -0.3 is 0 Å². The lowest BCUT2D eigenvalue weighted by molar-refractivity contribution is 0.962. The predicted octanol–water partition coefficient (Wildman–Crippen LogP) is 4.08. The van der Waals surface area contributed by atoms with E-state index in [4.69, 9.17) is 0 Å². The monoisotopic (exact) mass is 239 g/mol. The van der Waals surface area contributed by atoms with Gasteiger partial charge in [-0.3, -0.25) is 0 Å². The lowest BCUT2D eigenvalue weighted by Crippen LogP contribution is -1.90. The van der Waals surface area contributed by atoms with Crippen molar-refractivity contribution in [1.82, 2.24) is 4.37 Å². The van der Waals surface area contributed by atoms with Crippen LogP contribution >= 0.6 is 11.5 Å². The van der Waals surface area contributed by atoms with E-state index >= 15 is 0 Å². The summed E-state index contributed by atoms with van der Waals surface area (Å²) in [7, 11) is 0. The molecule has 0 spiro atoms. The van der Waals surface area contributed by atoms with E-state index in [1.54, 1.807) is 11.5 Å². The molecule has 1 nitrogen and oxygen atoms in total. The highest BCUT2D eigenvalue weighted by Crippen LogP contribution is 2.20. The quantitative estimate of drug-likeness (QED) is 0.671. The molecule has 84 valence electrons. The number of aromatic nitrogens is 1. The molecule has 0 aliphatic rings. The number of aryl methyl sites for hydroxylation is 2. The molecule has 0 unspecified atom stereocenters. The first-order chi connectivity index (χ1) is 8.42. The number of hydrogen-bond donors (Lipinski definition) is 0. The van der Waals surface area contributed by atoms with E-state index in [0.29, 0.717) is 0 Å². The predicted molar refractivity (Wildman–Crippen MR) is 73.5 cm³/mol. The van der Waals surface area contributed by atoms with Crippen molar-refractivity contribution in [2.75, 3.05) is 0 Å². The summed E-state index contributed by atoms with van der Waals surface area (Å²) in [6, 6.07) is 17.3. The van der Waals surface area contributed by atoms with Crippen molar-refractivity contribution in [3.8, 4) is 0 Å². The van der Waals surface area contributed by atoms with Crippen LogP contribution in [-0.2, 0) is 12.8 Å². The van der Waals surface area contributed by atoms with Crippen molar-refractivity contribution in [3.05, 3.63) is 65.9 Å². The lowest BCUT2D eigenvalue weighted by Gasteiger charge is -2.02. The number of benzene rings is 2. The van der Waals surface area contributed by atoms with Crippen molar-refractivity contribution < 1.29 is 0 Å². The summed E-state index contributed by atoms with van der Waals surface area (Å²) in [5.41, 5.74) is 2.79. The fraction of sp³-hybridized carbons (Fsp3) is 0.133. The standard InChI is InChI=1S/C15H13NS/c1-2-4-12(5-3-1)6-7-13-8-9-15-14(10-13)11-16-17-15/h1-5,8-11H,6-7H2. The van der Waals surface area contributed by atoms with Gasteiger partial charge in [0.15, 0.2) is 0 Å². The fourth-order valence-electron chi connectivity index (χ4n) is 2.01. The van der Waals surface area contributed by atoms with Crippen LogP contribution in [0.4, 0.5) is 0 Å². The molecule has 2 aromatic carbocycles. The van der Waals surface area contributed by atoms with Gasteiger partial charge in [-0.15, -0.1) is 0 Å². The third kappa shape index (κ3) is 2.37. The molecule has 17 heavy (non-hydrogen) atoms. The van der Waals surface area contributed by atoms with Crippen LogP contribution in [0.3, 0.4) is 0 Å². The van der Waals surface area contributed by atoms with Crippen LogP contribution in [0.5, 0.6) is 0 Å². The SMILES string of the molecule is c1ccc(CCc2ccc3sncc3c2)cc1. The molecule has 0 saturated heterocycles. The zero-order chi connectivity index (χ0) is 11.5. The zero-order valence-corrected chi connectivity index (χ0v) is 10.3. The Labute approximate surface area is 105 Å². The Balaban J connectivity index is 1.76. The van der Waals surface area contributed by atoms with Crippen LogP contribution in [0.1, 0.15) is 11.1 Å². The molecular weight excluding hydrogens is 226 g/mol. The zero-order valence-electron chi connectivity index (χ0n) is 9.47. The largest absolute Gasteiger partial charge is 0.200 e. The molecule has 0 N–H and O–H groups in total. The Kier molecular flexibility index (Phi) is 2.88. The molecule has 0 amide bonds. The number of hydrogen-bond acceptors (Lipinski definition) is 2. The van der Waals surface area contributed by atoms with Crippen LogP contribution in [0.15, 0.2) is 54.7 Å². The Morgan fingerprint density at radius 1 is 0.882 bits per heavy atom. The smallest absolute Gasteiger partial charge is 0.0550 e. The van der Waals surface area contributed by atoms with Crippen LogP contribution in [0, 0.1) is 0 Å². The number of nitrogens with zero attached hydrogens (tertiary/aromatic N) is 1. The van der Waals surface area contributed by atoms with E-state index in [0.717, 1.165) is 12.8 Å². The Morgan fingerprint density at radius 3 is 2.59 bits per heavy atom. The van der Waals surface area contributed by atoms with Gasteiger partial charge in [-0.1, -0.05) is 36.4 Å². The van der Waals surface area contributed by atoms with Crippen LogP contribution in [0.2, 0.25) is 0 Å². The Morgan fingerprint density at radius 2 is 1.71 bits per heavy atom. The molecule has 1 aromatic heterocycles. The Hall–Kier alpha value is -1.67. The minimum Gasteiger partial charge on any atom is -0.200 e. The molecule has 2 heteroatoms. The average molecular weight is 239 g/mol. The summed E-state index contributed by atoms with van der Waals surface area (Å²) in [4.78, 5) is 0. The third-order valence-corrected chi connectivity index (χ3v) is 3.74. The van der Waals surface area contributed by atoms with Gasteiger partial charge in [-0.05, 0) is 47.6 Å². The second-order valence-corrected chi connectivity index (χ2v) is 5.02. The summed E-state index contributed by atoms with van der Waals surface area (Å²) < 4.78 is 5.47. The lowest BCUT2D eigenvalue weighted by atomic mass is 10.0. The van der Waals surface area contributed by atoms with Gasteiger partial charge in [0.2, 0.25) is 0 Å². The summed E-state index contributed by atoms with van der Waals surface area (Å²) in [5.74, 6) is 0. The van der Waals surface area contributed by atoms with Crippen molar-refractivity contribution in [2.24, 2.45) is 0 Å². The third-order valence-electron chi connectivity index (χ3n) is 2.96. The van der Waals surface area contributed by atoms with Crippen molar-refractivity contribution in [2.45, 2.75) is 12.8 Å². The second-order valence-electron chi connectivity index (χ2n) is 4.18. The van der Waals surface area contributed by atoms with Crippen LogP contribution < -0.4 is 0 Å². The van der Waals surface area contributed by atoms with Crippen LogP contribution in [0.25, 0.3) is 10.1 Å². The number of fused-ring (bicyclic) bond motifs is 1. The van der Waals surface area contributed by atoms with E-state index in [9.17, 15) is 0 Å². The van der Waals surface area contributed by atoms with Gasteiger partial charge in [0, 0.05) is 11.6 Å². The van der Waals surface area contributed by atoms with E-state index < -0.39 is 0 Å². The summed E-state index contributed by atoms with van der Waals surface area (Å²) in [6.07, 6.45) is 4.14. The van der Waals surface area contributed by atoms with Crippen LogP contribution in [-0.4, -0.2) is 4.37 Å². The van der Waals surface area contributed by atoms with Crippen molar-refractivity contribution >= 4 is 21.6 Å². The maximum atomic E-state index is 4.20. The minimum atomic E-state index is 1.09. The molecule has 0 aliphatic heterocycles. The molecule has 0 aliphatic carbocycles. The topological polar surface area (TPSA) is 12.9 Å². The molecule has 0 atom stereocenters. The van der Waals surface area contributed by atoms with E-state index in [1.807, 2.05) is 6.20 Å². The first-order valence-corrected chi connectivity index (χ1v) is 6.56. The first-order valence-electron chi connectivity index (χ1n) is 5.79. The van der Waals surface area contributed by atoms with E-state index in [1.165, 1.54) is 21.2 Å². The first kappa shape index (κ1) is 10.5. The summed E-state index contributed by atoms with van der Waals surface area (Å²) in [5, 5.41) is 1.26. The maximum Gasteiger partial charge on any atom is 0.0550 e. The Bertz CT molecular complexity index is 613. The van der Waals surface area contributed by atoms with Gasteiger partial charge in [0.25, 0.3) is 0 Å². The molecule has 1 heterocycles. The van der Waals surface area contributed by atoms with E-state index in [2.05, 4.69) is 52.9 Å². The van der Waals surface area contributed by atoms with E-state index in [-0.39, 0.29) is 0 Å². The highest BCUT2D eigenvalue weighted by molar-refractivity contribution is 7.13. The minimum absolute atomic E-state index is 1.09. The highest BCUT2D eigenvalue weighted by atomic mass is 32.1. The molecule has 0 bridgehead atoms. The second kappa shape index (κ2) is 4.68. The average Bonchev–Trinajstić information content (AvgIpc) is 2.85. The highest BCUT2D eigenvalue weighted by Gasteiger charge is 1.99. The number of rotatable bonds is 3. The normalized spacial score (nSPS) is 10.8. The van der Waals surface area contributed by atoms with Gasteiger partial charge in [-0.2, -0.15) is 4.37 Å². The summed E-state index contributed by atoms with van der Waals surface area (Å²) >= 11 is 1.56. The molecule has 0 saturated carbocycles. The van der Waals surface area contributed by atoms with Crippen molar-refractivity contribution in [3.63, 3.8) is 0 Å². The molecule has 3 rings (SSSR count). The molecule has 0 fully saturated rings. The molecule has 3 aromatic rings. The van der Waals surface area contributed by atoms with Crippen molar-refractivity contribution in [1.29, 1.82) is 0 Å². The maximum absolute atomic E-state index is 4.20. The van der Waals surface area contributed by atoms with Gasteiger partial charge in [-0.25, -0.2) is 0 Å². The summed E-state index contributed by atoms with van der Waals surface area (Å²) in [6.45, 7) is 0.